The maximum atomic E-state index is 14.0. The summed E-state index contributed by atoms with van der Waals surface area (Å²) >= 11 is 0. The van der Waals surface area contributed by atoms with Crippen LogP contribution >= 0.6 is 0 Å². The normalized spacial score (nSPS) is 17.6. The number of para-hydroxylation sites is 1. The molecule has 0 saturated carbocycles. The summed E-state index contributed by atoms with van der Waals surface area (Å²) < 4.78 is 20.3. The van der Waals surface area contributed by atoms with E-state index in [9.17, 15) is 23.6 Å². The third kappa shape index (κ3) is 7.66. The van der Waals surface area contributed by atoms with Gasteiger partial charge in [0.05, 0.1) is 11.7 Å². The predicted molar refractivity (Wildman–Crippen MR) is 174 cm³/mol. The van der Waals surface area contributed by atoms with Gasteiger partial charge >= 0.3 is 0 Å². The Kier molecular flexibility index (Phi) is 9.28. The van der Waals surface area contributed by atoms with Crippen LogP contribution in [0.15, 0.2) is 97.1 Å². The van der Waals surface area contributed by atoms with Gasteiger partial charge in [-0.3, -0.25) is 19.2 Å². The number of nitrogens with one attached hydrogen (secondary N) is 2. The molecule has 4 amide bonds. The second-order valence-corrected chi connectivity index (χ2v) is 12.1. The minimum absolute atomic E-state index is 0.0194. The van der Waals surface area contributed by atoms with Crippen LogP contribution in [0.3, 0.4) is 0 Å². The van der Waals surface area contributed by atoms with Gasteiger partial charge in [-0.25, -0.2) is 4.39 Å². The number of rotatable bonds is 10. The van der Waals surface area contributed by atoms with E-state index < -0.39 is 11.7 Å². The number of ether oxygens (including phenoxy) is 1. The molecule has 0 radical (unpaired) electrons. The number of hydrogen-bond acceptors (Lipinski definition) is 5. The largest absolute Gasteiger partial charge is 0.457 e. The summed E-state index contributed by atoms with van der Waals surface area (Å²) in [7, 11) is 0. The van der Waals surface area contributed by atoms with Crippen LogP contribution in [0.5, 0.6) is 11.5 Å². The summed E-state index contributed by atoms with van der Waals surface area (Å²) in [6.07, 6.45) is 0.695. The Morgan fingerprint density at radius 2 is 1.47 bits per heavy atom. The van der Waals surface area contributed by atoms with Gasteiger partial charge in [-0.1, -0.05) is 55.5 Å². The summed E-state index contributed by atoms with van der Waals surface area (Å²) in [4.78, 5) is 54.9. The average molecular weight is 635 g/mol. The summed E-state index contributed by atoms with van der Waals surface area (Å²) in [5, 5.41) is 5.55. The van der Waals surface area contributed by atoms with Crippen molar-refractivity contribution in [1.82, 2.24) is 15.1 Å². The van der Waals surface area contributed by atoms with E-state index in [1.54, 1.807) is 64.4 Å². The zero-order valence-corrected chi connectivity index (χ0v) is 25.9. The SMILES string of the molecule is CC1CC(=O)N(Cc2ccc(C(=O)NC3CC(=O)N(Cc4ccccc4)C3)cc2Oc2ccc(C(=O)Nc3ccccc3F)cc2)C1. The highest BCUT2D eigenvalue weighted by Crippen LogP contribution is 2.30. The smallest absolute Gasteiger partial charge is 0.255 e. The van der Waals surface area contributed by atoms with Gasteiger partial charge in [-0.05, 0) is 60.0 Å². The average Bonchev–Trinajstić information content (AvgIpc) is 3.57. The zero-order chi connectivity index (χ0) is 32.9. The molecule has 240 valence electrons. The maximum Gasteiger partial charge on any atom is 0.255 e. The van der Waals surface area contributed by atoms with Crippen LogP contribution in [-0.2, 0) is 22.7 Å². The minimum Gasteiger partial charge on any atom is -0.457 e. The number of amides is 4. The van der Waals surface area contributed by atoms with Crippen molar-refractivity contribution in [2.45, 2.75) is 38.9 Å². The fourth-order valence-corrected chi connectivity index (χ4v) is 5.90. The Bertz CT molecular complexity index is 1800. The molecule has 2 atom stereocenters. The summed E-state index contributed by atoms with van der Waals surface area (Å²) in [6, 6.07) is 26.7. The summed E-state index contributed by atoms with van der Waals surface area (Å²) in [6.45, 7) is 3.86. The van der Waals surface area contributed by atoms with Gasteiger partial charge in [0.2, 0.25) is 11.8 Å². The highest BCUT2D eigenvalue weighted by Gasteiger charge is 2.31. The molecule has 2 heterocycles. The van der Waals surface area contributed by atoms with Gasteiger partial charge in [0, 0.05) is 55.7 Å². The first-order valence-electron chi connectivity index (χ1n) is 15.6. The standard InChI is InChI=1S/C37H35FN4O5/c1-24-17-34(43)41(20-24)22-28-12-11-27(37(46)39-29-19-35(44)42(23-29)21-25-7-3-2-4-8-25)18-33(28)47-30-15-13-26(14-16-30)36(45)40-32-10-6-5-9-31(32)38/h2-16,18,24,29H,17,19-23H2,1H3,(H,39,46)(H,40,45). The number of carbonyl (C=O) groups excluding carboxylic acids is 4. The van der Waals surface area contributed by atoms with Crippen molar-refractivity contribution >= 4 is 29.3 Å². The van der Waals surface area contributed by atoms with Crippen LogP contribution in [0.1, 0.15) is 51.6 Å². The van der Waals surface area contributed by atoms with Crippen molar-refractivity contribution in [1.29, 1.82) is 0 Å². The molecule has 2 N–H and O–H groups in total. The molecule has 0 aliphatic carbocycles. The van der Waals surface area contributed by atoms with E-state index in [0.717, 1.165) is 11.1 Å². The monoisotopic (exact) mass is 634 g/mol. The molecule has 10 heteroatoms. The third-order valence-corrected chi connectivity index (χ3v) is 8.33. The van der Waals surface area contributed by atoms with Crippen LogP contribution in [0.2, 0.25) is 0 Å². The number of benzene rings is 4. The molecule has 2 aliphatic heterocycles. The van der Waals surface area contributed by atoms with Crippen LogP contribution in [0.4, 0.5) is 10.1 Å². The van der Waals surface area contributed by atoms with Crippen molar-refractivity contribution in [3.8, 4) is 11.5 Å². The second-order valence-electron chi connectivity index (χ2n) is 12.1. The number of likely N-dealkylation sites (tertiary alicyclic amines) is 2. The van der Waals surface area contributed by atoms with Gasteiger partial charge in [-0.2, -0.15) is 0 Å². The van der Waals surface area contributed by atoms with Gasteiger partial charge in [0.15, 0.2) is 0 Å². The molecule has 2 fully saturated rings. The van der Waals surface area contributed by atoms with Crippen LogP contribution in [0, 0.1) is 11.7 Å². The molecule has 9 nitrogen and oxygen atoms in total. The second kappa shape index (κ2) is 13.9. The van der Waals surface area contributed by atoms with Gasteiger partial charge < -0.3 is 25.2 Å². The summed E-state index contributed by atoms with van der Waals surface area (Å²) in [5.41, 5.74) is 2.47. The highest BCUT2D eigenvalue weighted by molar-refractivity contribution is 6.04. The van der Waals surface area contributed by atoms with E-state index in [1.807, 2.05) is 37.3 Å². The topological polar surface area (TPSA) is 108 Å². The van der Waals surface area contributed by atoms with E-state index in [0.29, 0.717) is 55.2 Å². The lowest BCUT2D eigenvalue weighted by molar-refractivity contribution is -0.129. The first-order valence-corrected chi connectivity index (χ1v) is 15.6. The number of carbonyl (C=O) groups is 4. The Balaban J connectivity index is 1.17. The Labute approximate surface area is 272 Å². The third-order valence-electron chi connectivity index (χ3n) is 8.33. The first kappa shape index (κ1) is 31.5. The van der Waals surface area contributed by atoms with Crippen molar-refractivity contribution in [2.24, 2.45) is 5.92 Å². The lowest BCUT2D eigenvalue weighted by Gasteiger charge is -2.20. The van der Waals surface area contributed by atoms with Crippen LogP contribution in [-0.4, -0.2) is 52.6 Å². The van der Waals surface area contributed by atoms with E-state index in [-0.39, 0.29) is 41.8 Å². The van der Waals surface area contributed by atoms with Crippen LogP contribution < -0.4 is 15.4 Å². The predicted octanol–water partition coefficient (Wildman–Crippen LogP) is 5.77. The van der Waals surface area contributed by atoms with Crippen molar-refractivity contribution in [3.63, 3.8) is 0 Å². The molecule has 0 spiro atoms. The van der Waals surface area contributed by atoms with Gasteiger partial charge in [0.1, 0.15) is 17.3 Å². The summed E-state index contributed by atoms with van der Waals surface area (Å²) in [5.74, 6) is -0.271. The number of hydrogen-bond donors (Lipinski definition) is 2. The van der Waals surface area contributed by atoms with Gasteiger partial charge in [0.25, 0.3) is 11.8 Å². The molecule has 4 aromatic carbocycles. The van der Waals surface area contributed by atoms with E-state index in [4.69, 9.17) is 4.74 Å². The Hall–Kier alpha value is -5.51. The molecule has 2 aliphatic rings. The number of anilines is 1. The molecular weight excluding hydrogens is 599 g/mol. The molecular formula is C37H35FN4O5. The minimum atomic E-state index is -0.535. The van der Waals surface area contributed by atoms with E-state index in [1.165, 1.54) is 12.1 Å². The van der Waals surface area contributed by atoms with Crippen molar-refractivity contribution < 1.29 is 28.3 Å². The Morgan fingerprint density at radius 1 is 0.787 bits per heavy atom. The molecule has 2 saturated heterocycles. The van der Waals surface area contributed by atoms with E-state index >= 15 is 0 Å². The van der Waals surface area contributed by atoms with Crippen molar-refractivity contribution in [2.75, 3.05) is 18.4 Å². The molecule has 0 aromatic heterocycles. The van der Waals surface area contributed by atoms with Crippen LogP contribution in [0.25, 0.3) is 0 Å². The molecule has 4 aromatic rings. The fraction of sp³-hybridized carbons (Fsp3) is 0.243. The number of halogens is 1. The van der Waals surface area contributed by atoms with E-state index in [2.05, 4.69) is 10.6 Å². The number of nitrogens with zero attached hydrogens (tertiary/aromatic N) is 2. The highest BCUT2D eigenvalue weighted by atomic mass is 19.1. The lowest BCUT2D eigenvalue weighted by atomic mass is 10.1. The van der Waals surface area contributed by atoms with Crippen molar-refractivity contribution in [3.05, 3.63) is 125 Å². The zero-order valence-electron chi connectivity index (χ0n) is 25.9. The first-order chi connectivity index (χ1) is 22.7. The molecule has 0 bridgehead atoms. The van der Waals surface area contributed by atoms with Gasteiger partial charge in [-0.15, -0.1) is 0 Å². The maximum absolute atomic E-state index is 14.0. The quantitative estimate of drug-likeness (QED) is 0.230. The molecule has 2 unspecified atom stereocenters. The Morgan fingerprint density at radius 3 is 2.19 bits per heavy atom. The molecule has 6 rings (SSSR count). The molecule has 47 heavy (non-hydrogen) atoms. The lowest BCUT2D eigenvalue weighted by Crippen LogP contribution is -2.37. The fourth-order valence-electron chi connectivity index (χ4n) is 5.90.